The lowest BCUT2D eigenvalue weighted by molar-refractivity contribution is -0.117. The maximum absolute atomic E-state index is 12.1. The van der Waals surface area contributed by atoms with Crippen LogP contribution in [0, 0.1) is 0 Å². The van der Waals surface area contributed by atoms with Gasteiger partial charge in [-0.2, -0.15) is 5.10 Å². The average Bonchev–Trinajstić information content (AvgIpc) is 3.37. The molecule has 0 saturated heterocycles. The number of carbonyl (C=O) groups excluding carboxylic acids is 2. The third-order valence-electron chi connectivity index (χ3n) is 5.64. The van der Waals surface area contributed by atoms with Crippen LogP contribution in [0.1, 0.15) is 34.0 Å². The first kappa shape index (κ1) is 24.0. The second-order valence-electron chi connectivity index (χ2n) is 8.03. The second-order valence-corrected chi connectivity index (χ2v) is 8.03. The van der Waals surface area contributed by atoms with Gasteiger partial charge in [0.05, 0.1) is 25.3 Å². The molecule has 35 heavy (non-hydrogen) atoms. The van der Waals surface area contributed by atoms with Crippen LogP contribution in [0.3, 0.4) is 0 Å². The zero-order valence-corrected chi connectivity index (χ0v) is 19.2. The highest BCUT2D eigenvalue weighted by atomic mass is 16.5. The third kappa shape index (κ3) is 5.67. The Bertz CT molecular complexity index is 1190. The van der Waals surface area contributed by atoms with Gasteiger partial charge in [-0.1, -0.05) is 48.5 Å². The van der Waals surface area contributed by atoms with Crippen LogP contribution in [0.4, 0.5) is 10.5 Å². The maximum Gasteiger partial charge on any atom is 0.407 e. The van der Waals surface area contributed by atoms with Crippen LogP contribution in [0.25, 0.3) is 11.1 Å². The van der Waals surface area contributed by atoms with Gasteiger partial charge in [0.1, 0.15) is 6.61 Å². The van der Waals surface area contributed by atoms with Gasteiger partial charge in [-0.25, -0.2) is 9.59 Å². The fraction of sp³-hybridized carbons (Fsp3) is 0.280. The smallest absolute Gasteiger partial charge is 0.407 e. The number of ether oxygens (including phenoxy) is 2. The molecule has 4 rings (SSSR count). The van der Waals surface area contributed by atoms with E-state index in [0.29, 0.717) is 0 Å². The van der Waals surface area contributed by atoms with Gasteiger partial charge in [-0.05, 0) is 22.3 Å². The summed E-state index contributed by atoms with van der Waals surface area (Å²) in [5, 5.41) is 18.0. The normalized spacial score (nSPS) is 12.0. The lowest BCUT2D eigenvalue weighted by Crippen LogP contribution is -2.29. The van der Waals surface area contributed by atoms with Gasteiger partial charge in [0.25, 0.3) is 0 Å². The summed E-state index contributed by atoms with van der Waals surface area (Å²) in [6, 6.07) is 16.2. The fourth-order valence-electron chi connectivity index (χ4n) is 4.09. The molecule has 1 aromatic heterocycles. The van der Waals surface area contributed by atoms with Crippen molar-refractivity contribution in [1.82, 2.24) is 15.1 Å². The summed E-state index contributed by atoms with van der Waals surface area (Å²) in [5.41, 5.74) is 4.51. The van der Waals surface area contributed by atoms with Gasteiger partial charge in [-0.3, -0.25) is 9.48 Å². The molecule has 2 aromatic carbocycles. The van der Waals surface area contributed by atoms with Crippen LogP contribution in [0.5, 0.6) is 0 Å². The summed E-state index contributed by atoms with van der Waals surface area (Å²) in [7, 11) is 1.56. The molecule has 0 saturated carbocycles. The number of carboxylic acids is 1. The molecule has 0 aliphatic heterocycles. The number of hydrogen-bond donors (Lipinski definition) is 3. The summed E-state index contributed by atoms with van der Waals surface area (Å²) in [4.78, 5) is 35.3. The molecule has 2 amide bonds. The predicted octanol–water partition coefficient (Wildman–Crippen LogP) is 3.00. The van der Waals surface area contributed by atoms with E-state index in [1.807, 2.05) is 24.3 Å². The van der Waals surface area contributed by atoms with Crippen molar-refractivity contribution in [3.05, 3.63) is 71.5 Å². The molecular formula is C25H26N4O6. The summed E-state index contributed by atoms with van der Waals surface area (Å²) < 4.78 is 12.1. The Morgan fingerprint density at radius 3 is 2.34 bits per heavy atom. The number of carboxylic acid groups (broad SMARTS) is 1. The van der Waals surface area contributed by atoms with E-state index in [-0.39, 0.29) is 50.1 Å². The average molecular weight is 479 g/mol. The molecule has 0 radical (unpaired) electrons. The monoisotopic (exact) mass is 478 g/mol. The molecule has 0 bridgehead atoms. The number of aromatic carboxylic acids is 1. The molecule has 1 aliphatic rings. The largest absolute Gasteiger partial charge is 0.476 e. The minimum atomic E-state index is -1.23. The molecule has 1 aliphatic carbocycles. The summed E-state index contributed by atoms with van der Waals surface area (Å²) in [6.07, 6.45) is 0.908. The molecule has 0 spiro atoms. The molecule has 10 heteroatoms. The highest BCUT2D eigenvalue weighted by Crippen LogP contribution is 2.44. The van der Waals surface area contributed by atoms with Crippen molar-refractivity contribution in [2.24, 2.45) is 7.05 Å². The number of anilines is 1. The van der Waals surface area contributed by atoms with E-state index in [4.69, 9.17) is 14.6 Å². The Kier molecular flexibility index (Phi) is 7.41. The molecule has 10 nitrogen and oxygen atoms in total. The van der Waals surface area contributed by atoms with E-state index < -0.39 is 18.0 Å². The first-order chi connectivity index (χ1) is 16.9. The van der Waals surface area contributed by atoms with Crippen LogP contribution >= 0.6 is 0 Å². The molecule has 182 valence electrons. The number of benzene rings is 2. The van der Waals surface area contributed by atoms with E-state index in [1.165, 1.54) is 10.9 Å². The van der Waals surface area contributed by atoms with Crippen molar-refractivity contribution >= 4 is 23.7 Å². The topological polar surface area (TPSA) is 132 Å². The van der Waals surface area contributed by atoms with E-state index in [1.54, 1.807) is 7.05 Å². The number of aromatic nitrogens is 2. The predicted molar refractivity (Wildman–Crippen MR) is 127 cm³/mol. The quantitative estimate of drug-likeness (QED) is 0.382. The second kappa shape index (κ2) is 10.8. The van der Waals surface area contributed by atoms with Gasteiger partial charge in [-0.15, -0.1) is 0 Å². The Labute approximate surface area is 201 Å². The zero-order chi connectivity index (χ0) is 24.8. The number of amides is 2. The van der Waals surface area contributed by atoms with Crippen LogP contribution in [0.2, 0.25) is 0 Å². The van der Waals surface area contributed by atoms with Crippen LogP contribution in [-0.2, 0) is 21.3 Å². The molecule has 0 fully saturated rings. The van der Waals surface area contributed by atoms with Crippen molar-refractivity contribution in [2.75, 3.05) is 31.7 Å². The summed E-state index contributed by atoms with van der Waals surface area (Å²) in [6.45, 7) is 0.767. The number of nitrogens with one attached hydrogen (secondary N) is 2. The zero-order valence-electron chi connectivity index (χ0n) is 19.2. The number of rotatable bonds is 10. The summed E-state index contributed by atoms with van der Waals surface area (Å²) >= 11 is 0. The first-order valence-corrected chi connectivity index (χ1v) is 11.2. The Morgan fingerprint density at radius 2 is 1.69 bits per heavy atom. The molecule has 0 unspecified atom stereocenters. The molecule has 3 aromatic rings. The Hall–Kier alpha value is -4.18. The van der Waals surface area contributed by atoms with E-state index >= 15 is 0 Å². The van der Waals surface area contributed by atoms with Crippen LogP contribution in [0.15, 0.2) is 54.7 Å². The van der Waals surface area contributed by atoms with E-state index in [9.17, 15) is 14.4 Å². The molecule has 1 heterocycles. The third-order valence-corrected chi connectivity index (χ3v) is 5.64. The fourth-order valence-corrected chi connectivity index (χ4v) is 4.09. The lowest BCUT2D eigenvalue weighted by Gasteiger charge is -2.14. The number of carbonyl (C=O) groups is 3. The minimum Gasteiger partial charge on any atom is -0.476 e. The highest BCUT2D eigenvalue weighted by molar-refractivity contribution is 5.99. The Balaban J connectivity index is 1.14. The number of alkyl carbamates (subject to hydrolysis) is 1. The van der Waals surface area contributed by atoms with Crippen molar-refractivity contribution in [3.8, 4) is 11.1 Å². The SMILES string of the molecule is Cn1cc(NC(=O)CCOCCNC(=O)OCC2c3ccccc3-c3ccccc32)c(C(=O)O)n1. The van der Waals surface area contributed by atoms with Crippen molar-refractivity contribution < 1.29 is 29.0 Å². The van der Waals surface area contributed by atoms with E-state index in [0.717, 1.165) is 22.3 Å². The number of nitrogens with zero attached hydrogens (tertiary/aromatic N) is 2. The van der Waals surface area contributed by atoms with Crippen LogP contribution < -0.4 is 10.6 Å². The van der Waals surface area contributed by atoms with Crippen LogP contribution in [-0.4, -0.2) is 59.2 Å². The van der Waals surface area contributed by atoms with Gasteiger partial charge in [0.15, 0.2) is 5.69 Å². The molecular weight excluding hydrogens is 452 g/mol. The van der Waals surface area contributed by atoms with Gasteiger partial charge < -0.3 is 25.2 Å². The van der Waals surface area contributed by atoms with Crippen molar-refractivity contribution in [2.45, 2.75) is 12.3 Å². The number of hydrogen-bond acceptors (Lipinski definition) is 6. The minimum absolute atomic E-state index is 0.00984. The van der Waals surface area contributed by atoms with Crippen molar-refractivity contribution in [3.63, 3.8) is 0 Å². The Morgan fingerprint density at radius 1 is 1.03 bits per heavy atom. The molecule has 0 atom stereocenters. The molecule has 3 N–H and O–H groups in total. The van der Waals surface area contributed by atoms with Gasteiger partial charge >= 0.3 is 12.1 Å². The van der Waals surface area contributed by atoms with Gasteiger partial charge in [0.2, 0.25) is 5.91 Å². The van der Waals surface area contributed by atoms with Crippen molar-refractivity contribution in [1.29, 1.82) is 0 Å². The van der Waals surface area contributed by atoms with E-state index in [2.05, 4.69) is 40.0 Å². The van der Waals surface area contributed by atoms with Gasteiger partial charge in [0, 0.05) is 25.7 Å². The lowest BCUT2D eigenvalue weighted by atomic mass is 9.98. The highest BCUT2D eigenvalue weighted by Gasteiger charge is 2.28. The number of aryl methyl sites for hydroxylation is 1. The maximum atomic E-state index is 12.1. The number of fused-ring (bicyclic) bond motifs is 3. The summed E-state index contributed by atoms with van der Waals surface area (Å²) in [5.74, 6) is -1.63. The standard InChI is InChI=1S/C25H26N4O6/c1-29-14-21(23(28-29)24(31)32)27-22(30)10-12-34-13-11-26-25(33)35-15-20-18-8-4-2-6-16(18)17-7-3-5-9-19(17)20/h2-9,14,20H,10-13,15H2,1H3,(H,26,33)(H,27,30)(H,31,32). The first-order valence-electron chi connectivity index (χ1n) is 11.2.